The molecular formula is C41H44ClF3N6O7. The van der Waals surface area contributed by atoms with Crippen LogP contribution in [0.5, 0.6) is 5.75 Å². The number of benzene rings is 2. The van der Waals surface area contributed by atoms with Crippen molar-refractivity contribution in [3.05, 3.63) is 101 Å². The predicted octanol–water partition coefficient (Wildman–Crippen LogP) is 5.26. The number of β-amino-alcohol motifs (C(OH)–C–C–N with tert-alkyl or cyclic N) is 1. The number of aliphatic hydroxyl groups is 2. The highest BCUT2D eigenvalue weighted by Gasteiger charge is 2.43. The lowest BCUT2D eigenvalue weighted by Gasteiger charge is -2.46. The van der Waals surface area contributed by atoms with Gasteiger partial charge in [0.2, 0.25) is 17.7 Å². The zero-order valence-corrected chi connectivity index (χ0v) is 32.5. The first-order valence-corrected chi connectivity index (χ1v) is 19.3. The van der Waals surface area contributed by atoms with Crippen LogP contribution in [0.2, 0.25) is 5.02 Å². The number of nitrogens with one attached hydrogen (secondary N) is 2. The fraction of sp³-hybridized carbons (Fsp3) is 0.415. The standard InChI is InChI=1S/C41H44ClF3N6O7/c1-40(2,39-47-19-35(58-39)24-7-9-27(42)10-8-24)51-14-13-50(31(21-51)38(55)48-23-41(43,44)45)20-28(52)15-26(17-29-16-25-11-12-46-18-34(25)57-29)37(54)49-36-30-5-3-4-6-33(30)56-22-32(36)53/h3-12,16,18-19,26,28,31-32,36,52-53H,13-15,17,20-23H2,1-2H3,(H,48,55)(H,49,54)/t26-,28-,31-,32+,36?/m0/s1. The maximum absolute atomic E-state index is 14.1. The van der Waals surface area contributed by atoms with Crippen LogP contribution >= 0.6 is 11.6 Å². The molecule has 7 rings (SSSR count). The molecule has 5 atom stereocenters. The fourth-order valence-electron chi connectivity index (χ4n) is 7.57. The van der Waals surface area contributed by atoms with Crippen LogP contribution in [0.1, 0.15) is 43.5 Å². The van der Waals surface area contributed by atoms with Crippen molar-refractivity contribution in [2.45, 2.75) is 62.7 Å². The van der Waals surface area contributed by atoms with E-state index in [0.29, 0.717) is 45.9 Å². The van der Waals surface area contributed by atoms with Crippen molar-refractivity contribution < 1.29 is 46.5 Å². The maximum atomic E-state index is 14.1. The van der Waals surface area contributed by atoms with E-state index in [0.717, 1.165) is 10.9 Å². The van der Waals surface area contributed by atoms with Gasteiger partial charge in [0.15, 0.2) is 11.3 Å². The highest BCUT2D eigenvalue weighted by molar-refractivity contribution is 6.30. The number of rotatable bonds is 13. The third-order valence-corrected chi connectivity index (χ3v) is 11.0. The molecule has 0 bridgehead atoms. The normalized spacial score (nSPS) is 20.2. The Hall–Kier alpha value is -5.00. The molecule has 2 aliphatic heterocycles. The number of nitrogens with zero attached hydrogens (tertiary/aromatic N) is 4. The van der Waals surface area contributed by atoms with Crippen LogP contribution in [0.3, 0.4) is 0 Å². The maximum Gasteiger partial charge on any atom is 0.405 e. The summed E-state index contributed by atoms with van der Waals surface area (Å²) in [5.41, 5.74) is 0.977. The minimum absolute atomic E-state index is 0.0138. The molecule has 1 unspecified atom stereocenters. The average Bonchev–Trinajstić information content (AvgIpc) is 3.86. The Balaban J connectivity index is 1.09. The summed E-state index contributed by atoms with van der Waals surface area (Å²) in [6, 6.07) is 15.8. The van der Waals surface area contributed by atoms with Gasteiger partial charge in [0.05, 0.1) is 30.1 Å². The smallest absolute Gasteiger partial charge is 0.405 e. The molecule has 1 saturated heterocycles. The topological polar surface area (TPSA) is 166 Å². The van der Waals surface area contributed by atoms with Gasteiger partial charge in [0.1, 0.15) is 36.8 Å². The van der Waals surface area contributed by atoms with Gasteiger partial charge in [0.25, 0.3) is 0 Å². The largest absolute Gasteiger partial charge is 0.490 e. The zero-order chi connectivity index (χ0) is 41.2. The van der Waals surface area contributed by atoms with E-state index in [1.54, 1.807) is 84.2 Å². The Morgan fingerprint density at radius 3 is 2.59 bits per heavy atom. The minimum Gasteiger partial charge on any atom is -0.490 e. The van der Waals surface area contributed by atoms with E-state index >= 15 is 0 Å². The summed E-state index contributed by atoms with van der Waals surface area (Å²) in [7, 11) is 0. The molecule has 3 aromatic heterocycles. The molecule has 5 heterocycles. The molecule has 308 valence electrons. The summed E-state index contributed by atoms with van der Waals surface area (Å²) in [4.78, 5) is 39.8. The Bertz CT molecular complexity index is 2180. The number of aromatic nitrogens is 2. The van der Waals surface area contributed by atoms with Gasteiger partial charge in [-0.15, -0.1) is 0 Å². The van der Waals surface area contributed by atoms with Gasteiger partial charge < -0.3 is 34.4 Å². The summed E-state index contributed by atoms with van der Waals surface area (Å²) in [5.74, 6) is -0.383. The molecule has 17 heteroatoms. The number of hydrogen-bond donors (Lipinski definition) is 4. The Morgan fingerprint density at radius 2 is 1.83 bits per heavy atom. The number of amides is 2. The van der Waals surface area contributed by atoms with E-state index < -0.39 is 60.3 Å². The summed E-state index contributed by atoms with van der Waals surface area (Å²) >= 11 is 6.05. The van der Waals surface area contributed by atoms with Crippen molar-refractivity contribution in [3.8, 4) is 17.1 Å². The van der Waals surface area contributed by atoms with Crippen LogP contribution in [0.4, 0.5) is 13.2 Å². The van der Waals surface area contributed by atoms with Crippen molar-refractivity contribution in [1.82, 2.24) is 30.4 Å². The number of hydrogen-bond acceptors (Lipinski definition) is 11. The molecule has 4 N–H and O–H groups in total. The summed E-state index contributed by atoms with van der Waals surface area (Å²) in [6.07, 6.45) is -2.17. The summed E-state index contributed by atoms with van der Waals surface area (Å²) in [6.45, 7) is 2.53. The number of aliphatic hydroxyl groups excluding tert-OH is 2. The van der Waals surface area contributed by atoms with E-state index in [2.05, 4.69) is 15.3 Å². The number of pyridine rings is 1. The zero-order valence-electron chi connectivity index (χ0n) is 31.8. The number of carbonyl (C=O) groups is 2. The van der Waals surface area contributed by atoms with Crippen LogP contribution in [-0.2, 0) is 21.5 Å². The van der Waals surface area contributed by atoms with Crippen molar-refractivity contribution in [2.24, 2.45) is 5.92 Å². The molecular weight excluding hydrogens is 781 g/mol. The number of alkyl halides is 3. The van der Waals surface area contributed by atoms with E-state index in [-0.39, 0.29) is 39.1 Å². The molecule has 58 heavy (non-hydrogen) atoms. The third kappa shape index (κ3) is 9.48. The molecule has 0 spiro atoms. The molecule has 0 saturated carbocycles. The molecule has 2 amide bonds. The number of piperazine rings is 1. The van der Waals surface area contributed by atoms with Crippen LogP contribution < -0.4 is 15.4 Å². The van der Waals surface area contributed by atoms with Crippen LogP contribution in [0.25, 0.3) is 22.3 Å². The van der Waals surface area contributed by atoms with Gasteiger partial charge in [-0.1, -0.05) is 29.8 Å². The van der Waals surface area contributed by atoms with Gasteiger partial charge in [-0.3, -0.25) is 24.4 Å². The van der Waals surface area contributed by atoms with Crippen molar-refractivity contribution in [3.63, 3.8) is 0 Å². The average molecular weight is 825 g/mol. The number of carbonyl (C=O) groups excluding carboxylic acids is 2. The molecule has 0 aliphatic carbocycles. The van der Waals surface area contributed by atoms with Crippen LogP contribution in [0.15, 0.2) is 88.1 Å². The highest BCUT2D eigenvalue weighted by atomic mass is 35.5. The third-order valence-electron chi connectivity index (χ3n) is 10.7. The Morgan fingerprint density at radius 1 is 1.05 bits per heavy atom. The van der Waals surface area contributed by atoms with Crippen LogP contribution in [0, 0.1) is 5.92 Å². The van der Waals surface area contributed by atoms with Gasteiger partial charge in [0, 0.05) is 66.3 Å². The van der Waals surface area contributed by atoms with E-state index in [4.69, 9.17) is 25.2 Å². The monoisotopic (exact) mass is 824 g/mol. The second-order valence-corrected chi connectivity index (χ2v) is 15.6. The van der Waals surface area contributed by atoms with Gasteiger partial charge in [-0.2, -0.15) is 13.2 Å². The number of oxazole rings is 1. The first-order chi connectivity index (χ1) is 27.6. The number of ether oxygens (including phenoxy) is 1. The van der Waals surface area contributed by atoms with Crippen molar-refractivity contribution >= 4 is 34.4 Å². The first-order valence-electron chi connectivity index (χ1n) is 18.9. The predicted molar refractivity (Wildman–Crippen MR) is 207 cm³/mol. The van der Waals surface area contributed by atoms with E-state index in [9.17, 15) is 33.0 Å². The number of halogens is 4. The Kier molecular flexibility index (Phi) is 12.1. The van der Waals surface area contributed by atoms with Crippen LogP contribution in [-0.4, -0.2) is 106 Å². The summed E-state index contributed by atoms with van der Waals surface area (Å²) < 4.78 is 57.7. The van der Waals surface area contributed by atoms with Crippen molar-refractivity contribution in [1.29, 1.82) is 0 Å². The first kappa shape index (κ1) is 41.2. The highest BCUT2D eigenvalue weighted by Crippen LogP contribution is 2.35. The molecule has 2 aromatic carbocycles. The molecule has 1 fully saturated rings. The number of furan rings is 1. The lowest BCUT2D eigenvalue weighted by atomic mass is 9.92. The number of para-hydroxylation sites is 1. The van der Waals surface area contributed by atoms with Gasteiger partial charge in [-0.25, -0.2) is 4.98 Å². The number of fused-ring (bicyclic) bond motifs is 2. The minimum atomic E-state index is -4.64. The van der Waals surface area contributed by atoms with E-state index in [1.165, 1.54) is 0 Å². The van der Waals surface area contributed by atoms with Gasteiger partial charge in [-0.05, 0) is 62.7 Å². The second-order valence-electron chi connectivity index (χ2n) is 15.2. The second kappa shape index (κ2) is 17.1. The summed E-state index contributed by atoms with van der Waals surface area (Å²) in [5, 5.41) is 28.8. The fourth-order valence-corrected chi connectivity index (χ4v) is 7.70. The van der Waals surface area contributed by atoms with Gasteiger partial charge >= 0.3 is 6.18 Å². The SMILES string of the molecule is CC(C)(c1ncc(-c2ccc(Cl)cc2)o1)N1CCN(C[C@@H](O)C[C@@H](Cc2cc3ccncc3o2)C(=O)NC2c3ccccc3OC[C@H]2O)[C@H](C(=O)NCC(F)(F)F)C1. The quantitative estimate of drug-likeness (QED) is 0.122. The molecule has 5 aromatic rings. The lowest BCUT2D eigenvalue weighted by molar-refractivity contribution is -0.145. The Labute approximate surface area is 337 Å². The van der Waals surface area contributed by atoms with Crippen molar-refractivity contribution in [2.75, 3.05) is 39.3 Å². The lowest BCUT2D eigenvalue weighted by Crippen LogP contribution is -2.63. The molecule has 13 nitrogen and oxygen atoms in total. The molecule has 2 aliphatic rings. The van der Waals surface area contributed by atoms with E-state index in [1.807, 2.05) is 24.1 Å². The molecule has 0 radical (unpaired) electrons.